The van der Waals surface area contributed by atoms with E-state index in [0.29, 0.717) is 0 Å². The lowest BCUT2D eigenvalue weighted by Gasteiger charge is -2.46. The van der Waals surface area contributed by atoms with E-state index >= 15 is 0 Å². The number of rotatable bonds is 2. The Balaban J connectivity index is 1.89. The molecule has 2 fully saturated rings. The van der Waals surface area contributed by atoms with Gasteiger partial charge in [0.1, 0.15) is 5.76 Å². The summed E-state index contributed by atoms with van der Waals surface area (Å²) in [6.45, 7) is 4.13. The van der Waals surface area contributed by atoms with Gasteiger partial charge in [0, 0.05) is 13.2 Å². The van der Waals surface area contributed by atoms with Gasteiger partial charge in [-0.1, -0.05) is 6.42 Å². The van der Waals surface area contributed by atoms with Gasteiger partial charge in [-0.3, -0.25) is 4.90 Å². The Hall–Kier alpha value is -0.800. The van der Waals surface area contributed by atoms with Crippen molar-refractivity contribution in [3.05, 3.63) is 24.2 Å². The van der Waals surface area contributed by atoms with Gasteiger partial charge in [0.05, 0.1) is 11.8 Å². The summed E-state index contributed by atoms with van der Waals surface area (Å²) >= 11 is 0. The fourth-order valence-electron chi connectivity index (χ4n) is 3.29. The number of piperidine rings is 1. The van der Waals surface area contributed by atoms with Crippen molar-refractivity contribution in [1.82, 2.24) is 4.90 Å². The summed E-state index contributed by atoms with van der Waals surface area (Å²) in [5.41, 5.74) is 0.113. The van der Waals surface area contributed by atoms with Crippen molar-refractivity contribution < 1.29 is 9.15 Å². The summed E-state index contributed by atoms with van der Waals surface area (Å²) in [7, 11) is 0. The van der Waals surface area contributed by atoms with Crippen LogP contribution >= 0.6 is 0 Å². The Labute approximate surface area is 103 Å². The summed E-state index contributed by atoms with van der Waals surface area (Å²) in [5.74, 6) is 1.14. The average Bonchev–Trinajstić information content (AvgIpc) is 2.95. The van der Waals surface area contributed by atoms with Crippen LogP contribution in [0.25, 0.3) is 0 Å². The quantitative estimate of drug-likeness (QED) is 0.788. The minimum Gasteiger partial charge on any atom is -0.467 e. The largest absolute Gasteiger partial charge is 0.467 e. The highest BCUT2D eigenvalue weighted by atomic mass is 16.5. The molecule has 17 heavy (non-hydrogen) atoms. The van der Waals surface area contributed by atoms with Crippen LogP contribution in [0.4, 0.5) is 0 Å². The molecule has 0 aliphatic carbocycles. The summed E-state index contributed by atoms with van der Waals surface area (Å²) < 4.78 is 11.3. The highest BCUT2D eigenvalue weighted by molar-refractivity contribution is 5.14. The van der Waals surface area contributed by atoms with Crippen molar-refractivity contribution in [2.45, 2.75) is 37.6 Å². The average molecular weight is 235 g/mol. The van der Waals surface area contributed by atoms with Gasteiger partial charge in [0.25, 0.3) is 0 Å². The Morgan fingerprint density at radius 3 is 2.47 bits per heavy atom. The molecule has 3 nitrogen and oxygen atoms in total. The van der Waals surface area contributed by atoms with Crippen molar-refractivity contribution in [1.29, 1.82) is 0 Å². The van der Waals surface area contributed by atoms with E-state index in [1.807, 2.05) is 6.07 Å². The molecule has 0 radical (unpaired) electrons. The normalized spacial score (nSPS) is 25.9. The third kappa shape index (κ3) is 2.02. The molecule has 2 saturated heterocycles. The Morgan fingerprint density at radius 1 is 1.06 bits per heavy atom. The molecular formula is C14H21NO2. The molecule has 94 valence electrons. The fourth-order valence-corrected chi connectivity index (χ4v) is 3.29. The van der Waals surface area contributed by atoms with Crippen LogP contribution in [0.5, 0.6) is 0 Å². The first-order valence-corrected chi connectivity index (χ1v) is 6.79. The minimum atomic E-state index is 0.113. The van der Waals surface area contributed by atoms with Gasteiger partial charge in [-0.25, -0.2) is 0 Å². The molecule has 0 saturated carbocycles. The van der Waals surface area contributed by atoms with Gasteiger partial charge in [-0.05, 0) is 50.9 Å². The second kappa shape index (κ2) is 4.83. The van der Waals surface area contributed by atoms with E-state index in [1.54, 1.807) is 6.26 Å². The predicted molar refractivity (Wildman–Crippen MR) is 65.9 cm³/mol. The second-order valence-corrected chi connectivity index (χ2v) is 5.17. The molecule has 3 heteroatoms. The summed E-state index contributed by atoms with van der Waals surface area (Å²) in [5, 5.41) is 0. The molecular weight excluding hydrogens is 214 g/mol. The van der Waals surface area contributed by atoms with E-state index in [9.17, 15) is 0 Å². The van der Waals surface area contributed by atoms with Crippen LogP contribution in [0.15, 0.2) is 22.8 Å². The number of furan rings is 1. The highest BCUT2D eigenvalue weighted by Crippen LogP contribution is 2.39. The lowest BCUT2D eigenvalue weighted by molar-refractivity contribution is -0.0510. The topological polar surface area (TPSA) is 25.6 Å². The summed E-state index contributed by atoms with van der Waals surface area (Å²) in [6, 6.07) is 4.15. The second-order valence-electron chi connectivity index (χ2n) is 5.17. The molecule has 2 aliphatic rings. The minimum absolute atomic E-state index is 0.113. The van der Waals surface area contributed by atoms with Crippen LogP contribution in [-0.4, -0.2) is 31.2 Å². The SMILES string of the molecule is c1coc(C2(N3CCCCC3)CCOCC2)c1. The van der Waals surface area contributed by atoms with Gasteiger partial charge < -0.3 is 9.15 Å². The van der Waals surface area contributed by atoms with Crippen LogP contribution in [0.3, 0.4) is 0 Å². The maximum atomic E-state index is 5.73. The Morgan fingerprint density at radius 2 is 1.82 bits per heavy atom. The van der Waals surface area contributed by atoms with Crippen molar-refractivity contribution in [3.8, 4) is 0 Å². The van der Waals surface area contributed by atoms with Crippen molar-refractivity contribution >= 4 is 0 Å². The maximum absolute atomic E-state index is 5.73. The molecule has 0 aromatic carbocycles. The van der Waals surface area contributed by atoms with E-state index in [4.69, 9.17) is 9.15 Å². The standard InChI is InChI=1S/C14H21NO2/c1-2-8-15(9-3-1)14(6-11-16-12-7-14)13-5-4-10-17-13/h4-5,10H,1-3,6-9,11-12H2. The zero-order chi connectivity index (χ0) is 11.6. The molecule has 3 heterocycles. The molecule has 2 aliphatic heterocycles. The first kappa shape index (κ1) is 11.3. The summed E-state index contributed by atoms with van der Waals surface area (Å²) in [6.07, 6.45) is 7.96. The molecule has 0 N–H and O–H groups in total. The first-order valence-electron chi connectivity index (χ1n) is 6.79. The predicted octanol–water partition coefficient (Wildman–Crippen LogP) is 2.77. The first-order chi connectivity index (χ1) is 8.42. The fraction of sp³-hybridized carbons (Fsp3) is 0.714. The van der Waals surface area contributed by atoms with Crippen LogP contribution in [0.2, 0.25) is 0 Å². The maximum Gasteiger partial charge on any atom is 0.124 e. The van der Waals surface area contributed by atoms with Crippen LogP contribution < -0.4 is 0 Å². The van der Waals surface area contributed by atoms with Gasteiger partial charge in [-0.2, -0.15) is 0 Å². The van der Waals surface area contributed by atoms with Crippen LogP contribution in [0.1, 0.15) is 37.9 Å². The van der Waals surface area contributed by atoms with Crippen molar-refractivity contribution in [2.75, 3.05) is 26.3 Å². The van der Waals surface area contributed by atoms with Crippen LogP contribution in [0, 0.1) is 0 Å². The molecule has 0 spiro atoms. The van der Waals surface area contributed by atoms with E-state index in [0.717, 1.165) is 31.8 Å². The third-order valence-electron chi connectivity index (χ3n) is 4.26. The monoisotopic (exact) mass is 235 g/mol. The molecule has 0 bridgehead atoms. The number of nitrogens with zero attached hydrogens (tertiary/aromatic N) is 1. The summed E-state index contributed by atoms with van der Waals surface area (Å²) in [4.78, 5) is 2.64. The molecule has 0 unspecified atom stereocenters. The lowest BCUT2D eigenvalue weighted by atomic mass is 9.84. The third-order valence-corrected chi connectivity index (χ3v) is 4.26. The number of hydrogen-bond acceptors (Lipinski definition) is 3. The Kier molecular flexibility index (Phi) is 3.21. The Bertz CT molecular complexity index is 335. The van der Waals surface area contributed by atoms with Crippen LogP contribution in [-0.2, 0) is 10.3 Å². The van der Waals surface area contributed by atoms with Gasteiger partial charge in [0.15, 0.2) is 0 Å². The van der Waals surface area contributed by atoms with Gasteiger partial charge in [0.2, 0.25) is 0 Å². The van der Waals surface area contributed by atoms with Gasteiger partial charge >= 0.3 is 0 Å². The molecule has 3 rings (SSSR count). The zero-order valence-electron chi connectivity index (χ0n) is 10.4. The van der Waals surface area contributed by atoms with E-state index in [2.05, 4.69) is 11.0 Å². The zero-order valence-corrected chi connectivity index (χ0v) is 10.4. The number of hydrogen-bond donors (Lipinski definition) is 0. The van der Waals surface area contributed by atoms with E-state index in [1.165, 1.54) is 32.4 Å². The molecule has 1 aromatic rings. The molecule has 0 amide bonds. The van der Waals surface area contributed by atoms with Crippen molar-refractivity contribution in [3.63, 3.8) is 0 Å². The number of likely N-dealkylation sites (tertiary alicyclic amines) is 1. The number of ether oxygens (including phenoxy) is 1. The van der Waals surface area contributed by atoms with Crippen molar-refractivity contribution in [2.24, 2.45) is 0 Å². The lowest BCUT2D eigenvalue weighted by Crippen LogP contribution is -2.51. The molecule has 1 aromatic heterocycles. The van der Waals surface area contributed by atoms with Gasteiger partial charge in [-0.15, -0.1) is 0 Å². The van der Waals surface area contributed by atoms with E-state index < -0.39 is 0 Å². The van der Waals surface area contributed by atoms with E-state index in [-0.39, 0.29) is 5.54 Å². The smallest absolute Gasteiger partial charge is 0.124 e. The molecule has 0 atom stereocenters. The highest BCUT2D eigenvalue weighted by Gasteiger charge is 2.42.